The zero-order valence-corrected chi connectivity index (χ0v) is 19.5. The Morgan fingerprint density at radius 3 is 2.09 bits per heavy atom. The van der Waals surface area contributed by atoms with Gasteiger partial charge in [-0.3, -0.25) is 4.79 Å². The van der Waals surface area contributed by atoms with Crippen molar-refractivity contribution >= 4 is 18.0 Å². The third-order valence-electron chi connectivity index (χ3n) is 5.99. The molecule has 1 aliphatic carbocycles. The number of aliphatic carboxylic acids is 1. The van der Waals surface area contributed by atoms with Crippen molar-refractivity contribution in [3.05, 3.63) is 59.7 Å². The lowest BCUT2D eigenvalue weighted by Gasteiger charge is -2.20. The number of benzene rings is 2. The molecule has 8 nitrogen and oxygen atoms in total. The van der Waals surface area contributed by atoms with E-state index in [0.717, 1.165) is 22.3 Å². The van der Waals surface area contributed by atoms with E-state index in [1.165, 1.54) is 0 Å². The molecule has 0 aliphatic heterocycles. The minimum atomic E-state index is -1.55. The Morgan fingerprint density at radius 1 is 0.941 bits per heavy atom. The molecule has 0 saturated carbocycles. The third kappa shape index (κ3) is 6.35. The fraction of sp³-hybridized carbons (Fsp3) is 0.423. The van der Waals surface area contributed by atoms with Crippen LogP contribution in [0.25, 0.3) is 11.1 Å². The average Bonchev–Trinajstić information content (AvgIpc) is 3.13. The van der Waals surface area contributed by atoms with Gasteiger partial charge in [-0.1, -0.05) is 62.4 Å². The maximum atomic E-state index is 12.6. The van der Waals surface area contributed by atoms with Gasteiger partial charge in [-0.25, -0.2) is 9.59 Å². The normalized spacial score (nSPS) is 14.1. The molecule has 182 valence electrons. The Morgan fingerprint density at radius 2 is 1.53 bits per heavy atom. The second kappa shape index (κ2) is 11.7. The molecule has 0 bridgehead atoms. The molecule has 4 N–H and O–H groups in total. The minimum Gasteiger partial charge on any atom is -0.479 e. The van der Waals surface area contributed by atoms with Crippen LogP contribution in [0.5, 0.6) is 0 Å². The lowest BCUT2D eigenvalue weighted by Crippen LogP contribution is -2.47. The zero-order chi connectivity index (χ0) is 24.7. The molecule has 1 aliphatic rings. The number of alkyl carbamates (subject to hydrolysis) is 1. The number of aliphatic hydroxyl groups excluding tert-OH is 1. The van der Waals surface area contributed by atoms with E-state index >= 15 is 0 Å². The maximum Gasteiger partial charge on any atom is 0.407 e. The first-order valence-corrected chi connectivity index (χ1v) is 11.6. The van der Waals surface area contributed by atoms with E-state index in [-0.39, 0.29) is 25.5 Å². The van der Waals surface area contributed by atoms with E-state index in [9.17, 15) is 19.5 Å². The number of ether oxygens (including phenoxy) is 1. The first kappa shape index (κ1) is 25.2. The summed E-state index contributed by atoms with van der Waals surface area (Å²) in [6.45, 7) is 4.16. The molecule has 8 heteroatoms. The molecule has 34 heavy (non-hydrogen) atoms. The average molecular weight is 469 g/mol. The molecule has 0 fully saturated rings. The predicted octanol–water partition coefficient (Wildman–Crippen LogP) is 3.28. The summed E-state index contributed by atoms with van der Waals surface area (Å²) in [5.74, 6) is -1.54. The maximum absolute atomic E-state index is 12.6. The van der Waals surface area contributed by atoms with E-state index in [0.29, 0.717) is 18.8 Å². The second-order valence-corrected chi connectivity index (χ2v) is 8.93. The van der Waals surface area contributed by atoms with Crippen molar-refractivity contribution < 1.29 is 29.3 Å². The molecular formula is C26H32N2O6. The summed E-state index contributed by atoms with van der Waals surface area (Å²) >= 11 is 0. The van der Waals surface area contributed by atoms with Gasteiger partial charge in [0.1, 0.15) is 12.6 Å². The highest BCUT2D eigenvalue weighted by Crippen LogP contribution is 2.44. The van der Waals surface area contributed by atoms with Crippen LogP contribution in [0.15, 0.2) is 48.5 Å². The number of rotatable bonds is 11. The number of hydrogen-bond donors (Lipinski definition) is 4. The monoisotopic (exact) mass is 468 g/mol. The van der Waals surface area contributed by atoms with E-state index in [2.05, 4.69) is 22.8 Å². The van der Waals surface area contributed by atoms with Crippen molar-refractivity contribution in [1.29, 1.82) is 0 Å². The van der Waals surface area contributed by atoms with Crippen LogP contribution in [0.3, 0.4) is 0 Å². The quantitative estimate of drug-likeness (QED) is 0.401. The van der Waals surface area contributed by atoms with Crippen molar-refractivity contribution in [3.8, 4) is 11.1 Å². The number of aliphatic hydroxyl groups is 1. The Labute approximate surface area is 199 Å². The lowest BCUT2D eigenvalue weighted by molar-refractivity contribution is -0.147. The van der Waals surface area contributed by atoms with Gasteiger partial charge in [0, 0.05) is 18.9 Å². The molecule has 2 atom stereocenters. The van der Waals surface area contributed by atoms with Crippen LogP contribution in [0.1, 0.15) is 50.2 Å². The third-order valence-corrected chi connectivity index (χ3v) is 5.99. The van der Waals surface area contributed by atoms with Gasteiger partial charge < -0.3 is 25.6 Å². The second-order valence-electron chi connectivity index (χ2n) is 8.93. The molecule has 0 radical (unpaired) electrons. The van der Waals surface area contributed by atoms with Gasteiger partial charge in [-0.15, -0.1) is 0 Å². The fourth-order valence-corrected chi connectivity index (χ4v) is 4.13. The van der Waals surface area contributed by atoms with Crippen LogP contribution in [0.2, 0.25) is 0 Å². The number of hydrogen-bond acceptors (Lipinski definition) is 5. The topological polar surface area (TPSA) is 125 Å². The molecule has 1 unspecified atom stereocenters. The summed E-state index contributed by atoms with van der Waals surface area (Å²) in [5.41, 5.74) is 4.46. The molecule has 2 aromatic rings. The number of nitrogens with one attached hydrogen (secondary N) is 2. The van der Waals surface area contributed by atoms with Crippen molar-refractivity contribution in [3.63, 3.8) is 0 Å². The summed E-state index contributed by atoms with van der Waals surface area (Å²) in [5, 5.41) is 23.4. The van der Waals surface area contributed by atoms with Gasteiger partial charge >= 0.3 is 12.1 Å². The van der Waals surface area contributed by atoms with E-state index in [1.807, 2.05) is 50.2 Å². The van der Waals surface area contributed by atoms with E-state index < -0.39 is 30.1 Å². The Hall–Kier alpha value is -3.39. The van der Waals surface area contributed by atoms with Crippen LogP contribution < -0.4 is 10.6 Å². The van der Waals surface area contributed by atoms with Gasteiger partial charge in [0.05, 0.1) is 0 Å². The van der Waals surface area contributed by atoms with Gasteiger partial charge in [-0.2, -0.15) is 0 Å². The number of carboxylic acids is 1. The molecule has 3 rings (SSSR count). The van der Waals surface area contributed by atoms with Gasteiger partial charge in [0.15, 0.2) is 6.10 Å². The Balaban J connectivity index is 1.60. The lowest BCUT2D eigenvalue weighted by atomic mass is 9.98. The van der Waals surface area contributed by atoms with Crippen LogP contribution in [0.4, 0.5) is 4.79 Å². The van der Waals surface area contributed by atoms with Crippen molar-refractivity contribution in [2.24, 2.45) is 5.92 Å². The van der Waals surface area contributed by atoms with Gasteiger partial charge in [0.2, 0.25) is 5.91 Å². The Kier molecular flexibility index (Phi) is 8.65. The van der Waals surface area contributed by atoms with Crippen LogP contribution >= 0.6 is 0 Å². The summed E-state index contributed by atoms with van der Waals surface area (Å²) in [6, 6.07) is 15.3. The molecule has 0 aromatic heterocycles. The largest absolute Gasteiger partial charge is 0.479 e. The van der Waals surface area contributed by atoms with Gasteiger partial charge in [0.25, 0.3) is 0 Å². The molecule has 0 saturated heterocycles. The zero-order valence-electron chi connectivity index (χ0n) is 19.5. The molecule has 2 aromatic carbocycles. The van der Waals surface area contributed by atoms with Crippen LogP contribution in [-0.4, -0.2) is 53.5 Å². The highest BCUT2D eigenvalue weighted by molar-refractivity contribution is 5.85. The molecular weight excluding hydrogens is 436 g/mol. The van der Waals surface area contributed by atoms with E-state index in [1.54, 1.807) is 0 Å². The fourth-order valence-electron chi connectivity index (χ4n) is 4.13. The highest BCUT2D eigenvalue weighted by Gasteiger charge is 2.30. The standard InChI is InChI=1S/C26H32N2O6/c1-16(2)11-12-22(24(30)27-14-13-23(29)25(31)32)28-26(33)34-15-21-19-9-5-3-7-17(19)18-8-4-6-10-20(18)21/h3-10,16,21-23,29H,11-15H2,1-2H3,(H,27,30)(H,28,33)(H,31,32)/t22?,23-/m0/s1. The summed E-state index contributed by atoms with van der Waals surface area (Å²) in [4.78, 5) is 36.0. The minimum absolute atomic E-state index is 0.0170. The Bertz CT molecular complexity index is 976. The van der Waals surface area contributed by atoms with E-state index in [4.69, 9.17) is 9.84 Å². The SMILES string of the molecule is CC(C)CCC(NC(=O)OCC1c2ccccc2-c2ccccc21)C(=O)NCC[C@H](O)C(=O)O. The number of fused-ring (bicyclic) bond motifs is 3. The van der Waals surface area contributed by atoms with Crippen molar-refractivity contribution in [1.82, 2.24) is 10.6 Å². The number of carbonyl (C=O) groups excluding carboxylic acids is 2. The summed E-state index contributed by atoms with van der Waals surface area (Å²) < 4.78 is 5.55. The molecule has 0 spiro atoms. The first-order chi connectivity index (χ1) is 16.3. The van der Waals surface area contributed by atoms with Crippen LogP contribution in [0, 0.1) is 5.92 Å². The van der Waals surface area contributed by atoms with Crippen molar-refractivity contribution in [2.75, 3.05) is 13.2 Å². The smallest absolute Gasteiger partial charge is 0.407 e. The number of carbonyl (C=O) groups is 3. The summed E-state index contributed by atoms with van der Waals surface area (Å²) in [6.07, 6.45) is -1.24. The van der Waals surface area contributed by atoms with Crippen molar-refractivity contribution in [2.45, 2.75) is 51.2 Å². The number of amides is 2. The molecule has 0 heterocycles. The van der Waals surface area contributed by atoms with Gasteiger partial charge in [-0.05, 0) is 41.0 Å². The highest BCUT2D eigenvalue weighted by atomic mass is 16.5. The first-order valence-electron chi connectivity index (χ1n) is 11.6. The number of carboxylic acid groups (broad SMARTS) is 1. The van der Waals surface area contributed by atoms with Crippen LogP contribution in [-0.2, 0) is 14.3 Å². The predicted molar refractivity (Wildman–Crippen MR) is 127 cm³/mol. The molecule has 2 amide bonds. The summed E-state index contributed by atoms with van der Waals surface area (Å²) in [7, 11) is 0.